The number of halogens is 1. The van der Waals surface area contributed by atoms with Gasteiger partial charge in [0, 0.05) is 24.4 Å². The van der Waals surface area contributed by atoms with Crippen LogP contribution in [0, 0.1) is 0 Å². The zero-order valence-electron chi connectivity index (χ0n) is 33.9. The predicted molar refractivity (Wildman–Crippen MR) is 232 cm³/mol. The summed E-state index contributed by atoms with van der Waals surface area (Å²) in [6, 6.07) is 30.4. The third-order valence-electron chi connectivity index (χ3n) is 11.1. The van der Waals surface area contributed by atoms with Gasteiger partial charge in [-0.1, -0.05) is 72.8 Å². The number of ether oxygens (including phenoxy) is 3. The Balaban J connectivity index is 0.00000604. The highest BCUT2D eigenvalue weighted by molar-refractivity contribution is 6.08. The number of benzene rings is 5. The van der Waals surface area contributed by atoms with E-state index in [0.717, 1.165) is 33.0 Å². The summed E-state index contributed by atoms with van der Waals surface area (Å²) in [4.78, 5) is 70.4. The molecule has 60 heavy (non-hydrogen) atoms. The molecule has 14 heteroatoms. The minimum Gasteiger partial charge on any atom is -0.496 e. The molecule has 0 radical (unpaired) electrons. The van der Waals surface area contributed by atoms with Gasteiger partial charge in [-0.15, -0.1) is 12.4 Å². The Labute approximate surface area is 354 Å². The predicted octanol–water partition coefficient (Wildman–Crippen LogP) is 6.35. The first-order valence-corrected chi connectivity index (χ1v) is 19.6. The van der Waals surface area contributed by atoms with Crippen molar-refractivity contribution in [3.05, 3.63) is 125 Å². The van der Waals surface area contributed by atoms with Crippen LogP contribution in [0.3, 0.4) is 0 Å². The monoisotopic (exact) mass is 833 g/mol. The van der Waals surface area contributed by atoms with Crippen LogP contribution >= 0.6 is 12.4 Å². The minimum atomic E-state index is -1.11. The molecule has 0 unspecified atom stereocenters. The summed E-state index contributed by atoms with van der Waals surface area (Å²) in [5.74, 6) is -1.17. The highest BCUT2D eigenvalue weighted by Crippen LogP contribution is 2.44. The lowest BCUT2D eigenvalue weighted by Gasteiger charge is -2.27. The molecule has 5 aromatic rings. The number of hydrogen-bond donors (Lipinski definition) is 3. The number of amides is 4. The van der Waals surface area contributed by atoms with Crippen molar-refractivity contribution in [3.8, 4) is 16.9 Å². The van der Waals surface area contributed by atoms with Crippen molar-refractivity contribution < 1.29 is 38.2 Å². The quantitative estimate of drug-likeness (QED) is 0.0910. The highest BCUT2D eigenvalue weighted by atomic mass is 35.5. The number of anilines is 2. The third kappa shape index (κ3) is 8.77. The fraction of sp³-hybridized carbons (Fsp3) is 0.283. The number of fused-ring (bicyclic) bond motifs is 5. The molecule has 0 aromatic heterocycles. The van der Waals surface area contributed by atoms with Gasteiger partial charge < -0.3 is 40.0 Å². The van der Waals surface area contributed by atoms with Gasteiger partial charge in [0.1, 0.15) is 18.4 Å². The molecule has 5 aromatic carbocycles. The maximum Gasteiger partial charge on any atom is 0.407 e. The van der Waals surface area contributed by atoms with E-state index in [1.165, 1.54) is 19.1 Å². The van der Waals surface area contributed by atoms with Gasteiger partial charge in [-0.2, -0.15) is 0 Å². The zero-order chi connectivity index (χ0) is 41.6. The SMILES string of the molecule is CN[C@@H](C)C(=O)N[C@H]1CN(C(=O)CCCNC(=O)OCC2c3ccccc3-c3ccccc32)c2ccccc2N(Cc2c(OC)ccc3cc(C(=O)OC)ccc23)C1=O.Cl. The number of alkyl carbamates (subject to hydrolysis) is 1. The fourth-order valence-electron chi connectivity index (χ4n) is 7.87. The van der Waals surface area contributed by atoms with E-state index in [1.54, 1.807) is 67.4 Å². The standard InChI is InChI=1S/C46H47N5O8.ClH/c1-28(47-2)43(53)49-38-26-50(42(52)18-11-23-48-46(56)59-27-37-34-14-7-5-12-32(34)33-13-6-8-15-35(33)37)39-16-9-10-17-40(39)51(44(38)54)25-36-31-21-19-30(45(55)58-4)24-29(31)20-22-41(36)57-3;/h5-10,12-17,19-22,24,28,37-38,47H,11,18,23,25-27H2,1-4H3,(H,48,56)(H,49,53);1H/t28-,38-;/m0./s1. The summed E-state index contributed by atoms with van der Waals surface area (Å²) in [6.45, 7) is 1.93. The first kappa shape index (κ1) is 43.1. The van der Waals surface area contributed by atoms with E-state index in [2.05, 4.69) is 40.2 Å². The second kappa shape index (κ2) is 19.1. The number of rotatable bonds is 13. The van der Waals surface area contributed by atoms with Crippen LogP contribution < -0.4 is 30.5 Å². The average Bonchev–Trinajstić information content (AvgIpc) is 3.53. The van der Waals surface area contributed by atoms with Crippen LogP contribution in [-0.2, 0) is 30.4 Å². The van der Waals surface area contributed by atoms with Crippen molar-refractivity contribution in [2.75, 3.05) is 50.8 Å². The van der Waals surface area contributed by atoms with Gasteiger partial charge in [-0.25, -0.2) is 9.59 Å². The number of methoxy groups -OCH3 is 2. The van der Waals surface area contributed by atoms with Crippen molar-refractivity contribution >= 4 is 64.3 Å². The lowest BCUT2D eigenvalue weighted by molar-refractivity contribution is -0.128. The Morgan fingerprint density at radius 3 is 2.18 bits per heavy atom. The maximum atomic E-state index is 14.7. The number of carbonyl (C=O) groups is 5. The number of para-hydroxylation sites is 2. The maximum absolute atomic E-state index is 14.7. The van der Waals surface area contributed by atoms with E-state index in [4.69, 9.17) is 14.2 Å². The Morgan fingerprint density at radius 1 is 0.850 bits per heavy atom. The molecule has 1 aliphatic heterocycles. The highest BCUT2D eigenvalue weighted by Gasteiger charge is 2.38. The molecule has 7 rings (SSSR count). The second-order valence-electron chi connectivity index (χ2n) is 14.5. The molecule has 1 aliphatic carbocycles. The van der Waals surface area contributed by atoms with Gasteiger partial charge in [-0.3, -0.25) is 14.4 Å². The number of nitrogens with zero attached hydrogens (tertiary/aromatic N) is 2. The zero-order valence-corrected chi connectivity index (χ0v) is 34.7. The van der Waals surface area contributed by atoms with Crippen LogP contribution in [-0.4, -0.2) is 82.8 Å². The summed E-state index contributed by atoms with van der Waals surface area (Å²) in [5.41, 5.74) is 6.49. The largest absolute Gasteiger partial charge is 0.496 e. The summed E-state index contributed by atoms with van der Waals surface area (Å²) in [6.07, 6.45) is -0.236. The lowest BCUT2D eigenvalue weighted by Crippen LogP contribution is -2.55. The first-order valence-electron chi connectivity index (χ1n) is 19.6. The van der Waals surface area contributed by atoms with E-state index in [0.29, 0.717) is 34.7 Å². The topological polar surface area (TPSA) is 156 Å². The molecule has 3 N–H and O–H groups in total. The lowest BCUT2D eigenvalue weighted by atomic mass is 9.98. The minimum absolute atomic E-state index is 0. The molecule has 13 nitrogen and oxygen atoms in total. The van der Waals surface area contributed by atoms with Crippen LogP contribution in [0.1, 0.15) is 52.7 Å². The van der Waals surface area contributed by atoms with Crippen molar-refractivity contribution in [2.24, 2.45) is 0 Å². The van der Waals surface area contributed by atoms with Gasteiger partial charge in [0.25, 0.3) is 5.91 Å². The fourth-order valence-corrected chi connectivity index (χ4v) is 7.87. The molecule has 0 fully saturated rings. The summed E-state index contributed by atoms with van der Waals surface area (Å²) >= 11 is 0. The van der Waals surface area contributed by atoms with Crippen molar-refractivity contribution in [1.82, 2.24) is 16.0 Å². The third-order valence-corrected chi connectivity index (χ3v) is 11.1. The summed E-state index contributed by atoms with van der Waals surface area (Å²) in [5, 5.41) is 10.0. The molecule has 2 atom stereocenters. The van der Waals surface area contributed by atoms with Crippen LogP contribution in [0.15, 0.2) is 103 Å². The number of nitrogens with one attached hydrogen (secondary N) is 3. The van der Waals surface area contributed by atoms with Gasteiger partial charge >= 0.3 is 12.1 Å². The second-order valence-corrected chi connectivity index (χ2v) is 14.5. The normalized spacial score (nSPS) is 14.8. The molecular weight excluding hydrogens is 786 g/mol. The Hall–Kier alpha value is -6.44. The summed E-state index contributed by atoms with van der Waals surface area (Å²) < 4.78 is 16.4. The van der Waals surface area contributed by atoms with E-state index in [-0.39, 0.29) is 56.9 Å². The molecule has 0 saturated heterocycles. The van der Waals surface area contributed by atoms with Crippen LogP contribution in [0.5, 0.6) is 5.75 Å². The van der Waals surface area contributed by atoms with Crippen molar-refractivity contribution in [1.29, 1.82) is 0 Å². The number of carbonyl (C=O) groups excluding carboxylic acids is 5. The molecule has 0 saturated carbocycles. The molecule has 0 spiro atoms. The van der Waals surface area contributed by atoms with Gasteiger partial charge in [0.15, 0.2) is 0 Å². The molecule has 0 bridgehead atoms. The van der Waals surface area contributed by atoms with E-state index in [1.807, 2.05) is 30.3 Å². The number of likely N-dealkylation sites (N-methyl/N-ethyl adjacent to an activating group) is 1. The smallest absolute Gasteiger partial charge is 0.407 e. The van der Waals surface area contributed by atoms with Crippen LogP contribution in [0.4, 0.5) is 16.2 Å². The summed E-state index contributed by atoms with van der Waals surface area (Å²) in [7, 11) is 4.50. The Morgan fingerprint density at radius 2 is 1.52 bits per heavy atom. The molecule has 1 heterocycles. The average molecular weight is 834 g/mol. The van der Waals surface area contributed by atoms with Crippen LogP contribution in [0.2, 0.25) is 0 Å². The molecule has 312 valence electrons. The molecular formula is C46H48ClN5O8. The van der Waals surface area contributed by atoms with Gasteiger partial charge in [0.05, 0.1) is 50.3 Å². The number of hydrogen-bond acceptors (Lipinski definition) is 9. The Kier molecular flexibility index (Phi) is 13.7. The Bertz CT molecular complexity index is 2380. The molecule has 2 aliphatic rings. The first-order chi connectivity index (χ1) is 28.6. The van der Waals surface area contributed by atoms with Gasteiger partial charge in [-0.05, 0) is 83.8 Å². The van der Waals surface area contributed by atoms with Crippen LogP contribution in [0.25, 0.3) is 21.9 Å². The number of esters is 1. The van der Waals surface area contributed by atoms with E-state index in [9.17, 15) is 24.0 Å². The van der Waals surface area contributed by atoms with E-state index < -0.39 is 36.0 Å². The van der Waals surface area contributed by atoms with E-state index >= 15 is 0 Å². The van der Waals surface area contributed by atoms with Crippen molar-refractivity contribution in [3.63, 3.8) is 0 Å². The van der Waals surface area contributed by atoms with Crippen molar-refractivity contribution in [2.45, 2.75) is 44.3 Å². The van der Waals surface area contributed by atoms with Gasteiger partial charge in [0.2, 0.25) is 11.8 Å². The molecule has 4 amide bonds.